The summed E-state index contributed by atoms with van der Waals surface area (Å²) in [5, 5.41) is 15.9. The highest BCUT2D eigenvalue weighted by Crippen LogP contribution is 2.29. The number of nitrogens with one attached hydrogen (secondary N) is 2. The predicted molar refractivity (Wildman–Crippen MR) is 173 cm³/mol. The van der Waals surface area contributed by atoms with E-state index in [-0.39, 0.29) is 11.3 Å². The Bertz CT molecular complexity index is 1730. The fraction of sp³-hybridized carbons (Fsp3) is 0.212. The van der Waals surface area contributed by atoms with Crippen LogP contribution in [0, 0.1) is 0 Å². The normalized spacial score (nSPS) is 13.4. The molecule has 0 aliphatic heterocycles. The van der Waals surface area contributed by atoms with Gasteiger partial charge in [-0.3, -0.25) is 9.71 Å². The maximum atomic E-state index is 13.0. The molecule has 0 radical (unpaired) electrons. The molecule has 0 aliphatic rings. The van der Waals surface area contributed by atoms with Gasteiger partial charge in [-0.25, -0.2) is 13.4 Å². The van der Waals surface area contributed by atoms with Crippen LogP contribution in [-0.4, -0.2) is 42.8 Å². The summed E-state index contributed by atoms with van der Waals surface area (Å²) in [6.45, 7) is 6.03. The van der Waals surface area contributed by atoms with Gasteiger partial charge in [-0.1, -0.05) is 55.1 Å². The predicted octanol–water partition coefficient (Wildman–Crippen LogP) is 7.34. The topological polar surface area (TPSA) is 104 Å². The van der Waals surface area contributed by atoms with Crippen molar-refractivity contribution >= 4 is 32.6 Å². The molecule has 2 aromatic carbocycles. The third-order valence-electron chi connectivity index (χ3n) is 6.83. The van der Waals surface area contributed by atoms with E-state index in [0.717, 1.165) is 34.4 Å². The van der Waals surface area contributed by atoms with E-state index in [1.165, 1.54) is 23.5 Å². The molecule has 2 heterocycles. The van der Waals surface area contributed by atoms with Crippen molar-refractivity contribution in [1.82, 2.24) is 15.3 Å². The first kappa shape index (κ1) is 33.8. The lowest BCUT2D eigenvalue weighted by atomic mass is 10.1. The fourth-order valence-electron chi connectivity index (χ4n) is 4.26. The van der Waals surface area contributed by atoms with Crippen molar-refractivity contribution in [3.8, 4) is 10.6 Å². The average molecular weight is 655 g/mol. The molecule has 4 rings (SSSR count). The number of hydrogen-bond acceptors (Lipinski definition) is 7. The van der Waals surface area contributed by atoms with E-state index in [1.807, 2.05) is 18.2 Å². The lowest BCUT2D eigenvalue weighted by Gasteiger charge is -2.12. The number of sulfonamides is 1. The second-order valence-corrected chi connectivity index (χ2v) is 12.6. The lowest BCUT2D eigenvalue weighted by Crippen LogP contribution is -2.23. The summed E-state index contributed by atoms with van der Waals surface area (Å²) in [4.78, 5) is 8.67. The monoisotopic (exact) mass is 654 g/mol. The highest BCUT2D eigenvalue weighted by atomic mass is 32.2. The van der Waals surface area contributed by atoms with E-state index in [9.17, 15) is 26.7 Å². The molecule has 0 unspecified atom stereocenters. The van der Waals surface area contributed by atoms with Crippen molar-refractivity contribution in [2.75, 3.05) is 17.8 Å². The van der Waals surface area contributed by atoms with Crippen LogP contribution in [0.25, 0.3) is 16.1 Å². The zero-order chi connectivity index (χ0) is 32.5. The number of alkyl halides is 3. The molecular formula is C33H33F3N4O3S2. The maximum Gasteiger partial charge on any atom is 0.416 e. The third-order valence-corrected chi connectivity index (χ3v) is 9.12. The molecule has 12 heteroatoms. The Morgan fingerprint density at radius 1 is 1.09 bits per heavy atom. The summed E-state index contributed by atoms with van der Waals surface area (Å²) >= 11 is 1.36. The van der Waals surface area contributed by atoms with Gasteiger partial charge in [0.05, 0.1) is 22.3 Å². The van der Waals surface area contributed by atoms with Crippen LogP contribution >= 0.6 is 11.3 Å². The molecule has 1 atom stereocenters. The number of thiazole rings is 1. The molecule has 0 amide bonds. The zero-order valence-corrected chi connectivity index (χ0v) is 26.1. The maximum absolute atomic E-state index is 13.0. The van der Waals surface area contributed by atoms with Gasteiger partial charge >= 0.3 is 6.18 Å². The number of anilines is 1. The van der Waals surface area contributed by atoms with Gasteiger partial charge in [0.2, 0.25) is 0 Å². The van der Waals surface area contributed by atoms with Crippen LogP contribution in [0.2, 0.25) is 0 Å². The Morgan fingerprint density at radius 2 is 1.82 bits per heavy atom. The minimum absolute atomic E-state index is 0.0809. The average Bonchev–Trinajstić information content (AvgIpc) is 3.52. The molecule has 0 bridgehead atoms. The van der Waals surface area contributed by atoms with Gasteiger partial charge in [0, 0.05) is 41.1 Å². The first-order valence-electron chi connectivity index (χ1n) is 14.0. The van der Waals surface area contributed by atoms with Gasteiger partial charge < -0.3 is 10.4 Å². The summed E-state index contributed by atoms with van der Waals surface area (Å²) in [5.41, 5.74) is 3.48. The number of aromatic nitrogens is 2. The lowest BCUT2D eigenvalue weighted by molar-refractivity contribution is -0.0883. The van der Waals surface area contributed by atoms with E-state index >= 15 is 0 Å². The summed E-state index contributed by atoms with van der Waals surface area (Å²) in [6, 6.07) is 17.0. The van der Waals surface area contributed by atoms with Crippen LogP contribution in [0.3, 0.4) is 0 Å². The summed E-state index contributed by atoms with van der Waals surface area (Å²) in [5.74, 6) is 0. The Morgan fingerprint density at radius 3 is 2.47 bits per heavy atom. The van der Waals surface area contributed by atoms with Crippen LogP contribution in [0.4, 0.5) is 18.9 Å². The first-order valence-corrected chi connectivity index (χ1v) is 16.4. The van der Waals surface area contributed by atoms with Gasteiger partial charge in [-0.05, 0) is 67.8 Å². The van der Waals surface area contributed by atoms with E-state index in [1.54, 1.807) is 61.1 Å². The molecule has 0 saturated carbocycles. The van der Waals surface area contributed by atoms with Gasteiger partial charge in [0.15, 0.2) is 0 Å². The van der Waals surface area contributed by atoms with Crippen molar-refractivity contribution in [2.24, 2.45) is 0 Å². The summed E-state index contributed by atoms with van der Waals surface area (Å²) in [6.07, 6.45) is 2.51. The van der Waals surface area contributed by atoms with E-state index in [0.29, 0.717) is 35.9 Å². The smallest absolute Gasteiger partial charge is 0.387 e. The standard InChI is InChI=1S/C33H33F3N4O3S2/c1-3-27(33(34,35)36)8-4-6-23(2)30-22-44-32(39-30)25-11-15-29(16-12-25)45(42,43)40-28-13-9-24(10-14-28)17-19-38-21-31(41)26-7-5-18-37-20-26/h3,5-16,18,20,22,31,38,40-41H,1,4,17,19,21H2,2H3/b23-6+,27-8+/t31-/m0/s1. The van der Waals surface area contributed by atoms with Crippen molar-refractivity contribution in [3.63, 3.8) is 0 Å². The summed E-state index contributed by atoms with van der Waals surface area (Å²) < 4.78 is 67.2. The Labute approximate surface area is 265 Å². The molecule has 45 heavy (non-hydrogen) atoms. The largest absolute Gasteiger partial charge is 0.416 e. The SMILES string of the molecule is C=C/C(=C\C/C=C(\C)c1csc(-c2ccc(S(=O)(=O)Nc3ccc(CCNC[C@H](O)c4cccnc4)cc3)cc2)n1)C(F)(F)F. The quantitative estimate of drug-likeness (QED) is 0.0971. The van der Waals surface area contributed by atoms with Crippen molar-refractivity contribution < 1.29 is 26.7 Å². The van der Waals surface area contributed by atoms with E-state index < -0.39 is 27.9 Å². The Kier molecular flexibility index (Phi) is 11.5. The third kappa shape index (κ3) is 9.69. The Hall–Kier alpha value is -4.10. The summed E-state index contributed by atoms with van der Waals surface area (Å²) in [7, 11) is -3.83. The number of hydrogen-bond donors (Lipinski definition) is 3. The number of nitrogens with zero attached hydrogens (tertiary/aromatic N) is 2. The van der Waals surface area contributed by atoms with Gasteiger partial charge in [0.1, 0.15) is 5.01 Å². The van der Waals surface area contributed by atoms with Crippen molar-refractivity contribution in [1.29, 1.82) is 0 Å². The number of aliphatic hydroxyl groups excluding tert-OH is 1. The molecule has 0 aliphatic carbocycles. The minimum Gasteiger partial charge on any atom is -0.387 e. The Balaban J connectivity index is 1.30. The fourth-order valence-corrected chi connectivity index (χ4v) is 6.21. The van der Waals surface area contributed by atoms with Crippen LogP contribution in [-0.2, 0) is 16.4 Å². The van der Waals surface area contributed by atoms with Gasteiger partial charge in [-0.15, -0.1) is 11.3 Å². The van der Waals surface area contributed by atoms with E-state index in [4.69, 9.17) is 0 Å². The number of pyridine rings is 1. The van der Waals surface area contributed by atoms with Crippen LogP contribution in [0.15, 0.2) is 114 Å². The number of halogens is 3. The molecule has 7 nitrogen and oxygen atoms in total. The van der Waals surface area contributed by atoms with Crippen LogP contribution in [0.5, 0.6) is 0 Å². The molecule has 0 fully saturated rings. The number of rotatable bonds is 14. The number of benzene rings is 2. The van der Waals surface area contributed by atoms with Gasteiger partial charge in [-0.2, -0.15) is 13.2 Å². The molecule has 0 saturated heterocycles. The second kappa shape index (κ2) is 15.3. The van der Waals surface area contributed by atoms with Crippen molar-refractivity contribution in [2.45, 2.75) is 36.9 Å². The molecule has 2 aromatic heterocycles. The number of aliphatic hydroxyl groups is 1. The van der Waals surface area contributed by atoms with Crippen molar-refractivity contribution in [3.05, 3.63) is 126 Å². The molecule has 236 valence electrons. The van der Waals surface area contributed by atoms with Crippen LogP contribution < -0.4 is 10.0 Å². The highest BCUT2D eigenvalue weighted by molar-refractivity contribution is 7.92. The zero-order valence-electron chi connectivity index (χ0n) is 24.5. The molecular weight excluding hydrogens is 622 g/mol. The molecule has 3 N–H and O–H groups in total. The van der Waals surface area contributed by atoms with E-state index in [2.05, 4.69) is 26.6 Å². The second-order valence-electron chi connectivity index (χ2n) is 10.1. The molecule has 0 spiro atoms. The molecule has 4 aromatic rings. The van der Waals surface area contributed by atoms with Gasteiger partial charge in [0.25, 0.3) is 10.0 Å². The minimum atomic E-state index is -4.44. The highest BCUT2D eigenvalue weighted by Gasteiger charge is 2.30. The number of allylic oxidation sites excluding steroid dienone is 5. The first-order chi connectivity index (χ1) is 21.5. The van der Waals surface area contributed by atoms with Crippen LogP contribution in [0.1, 0.15) is 36.3 Å².